The molecule has 2 saturated heterocycles. The zero-order valence-corrected chi connectivity index (χ0v) is 8.94. The van der Waals surface area contributed by atoms with E-state index in [9.17, 15) is 9.59 Å². The lowest BCUT2D eigenvalue weighted by Crippen LogP contribution is -2.46. The van der Waals surface area contributed by atoms with Gasteiger partial charge >= 0.3 is 11.9 Å². The third kappa shape index (κ3) is 1.55. The Hall–Kier alpha value is -0.940. The van der Waals surface area contributed by atoms with E-state index < -0.39 is 11.8 Å². The lowest BCUT2D eigenvalue weighted by Gasteiger charge is -2.41. The maximum absolute atomic E-state index is 11.5. The van der Waals surface area contributed by atoms with E-state index in [0.29, 0.717) is 32.5 Å². The van der Waals surface area contributed by atoms with Crippen LogP contribution in [-0.4, -0.2) is 30.9 Å². The van der Waals surface area contributed by atoms with Gasteiger partial charge in [-0.2, -0.15) is 0 Å². The maximum atomic E-state index is 11.5. The van der Waals surface area contributed by atoms with Gasteiger partial charge in [0.1, 0.15) is 0 Å². The molecule has 0 bridgehead atoms. The predicted octanol–water partition coefficient (Wildman–Crippen LogP) is 0.619. The summed E-state index contributed by atoms with van der Waals surface area (Å²) in [6, 6.07) is 0. The van der Waals surface area contributed by atoms with Gasteiger partial charge in [-0.3, -0.25) is 9.59 Å². The van der Waals surface area contributed by atoms with Crippen LogP contribution in [0.1, 0.15) is 25.7 Å². The van der Waals surface area contributed by atoms with Crippen molar-refractivity contribution in [1.29, 1.82) is 0 Å². The van der Waals surface area contributed by atoms with Gasteiger partial charge in [-0.05, 0) is 12.3 Å². The minimum Gasteiger partial charge on any atom is -0.393 e. The highest BCUT2D eigenvalue weighted by Gasteiger charge is 2.50. The summed E-state index contributed by atoms with van der Waals surface area (Å²) in [5.74, 6) is -1.42. The molecule has 16 heavy (non-hydrogen) atoms. The topological polar surface area (TPSA) is 61.8 Å². The Bertz CT molecular complexity index is 331. The molecule has 0 aromatic carbocycles. The predicted molar refractivity (Wildman–Crippen MR) is 51.2 cm³/mol. The first-order chi connectivity index (χ1) is 7.69. The number of hydrogen-bond acceptors (Lipinski definition) is 5. The van der Waals surface area contributed by atoms with E-state index in [0.717, 1.165) is 6.42 Å². The number of ether oxygens (including phenoxy) is 3. The van der Waals surface area contributed by atoms with E-state index >= 15 is 0 Å². The van der Waals surface area contributed by atoms with E-state index in [1.165, 1.54) is 0 Å². The van der Waals surface area contributed by atoms with Crippen LogP contribution in [0.4, 0.5) is 0 Å². The molecule has 5 nitrogen and oxygen atoms in total. The fourth-order valence-corrected chi connectivity index (χ4v) is 2.98. The summed E-state index contributed by atoms with van der Waals surface area (Å²) < 4.78 is 15.9. The smallest absolute Gasteiger partial charge is 0.316 e. The summed E-state index contributed by atoms with van der Waals surface area (Å²) in [5.41, 5.74) is 0. The van der Waals surface area contributed by atoms with Gasteiger partial charge in [-0.25, -0.2) is 0 Å². The van der Waals surface area contributed by atoms with Crippen LogP contribution in [0.5, 0.6) is 0 Å². The standard InChI is InChI=1S/C11H14O5/c12-9-5-7-6-11(14-3-4-15-11)2-1-8(7)10(13)16-9/h7-8H,1-6H2. The molecule has 3 aliphatic rings. The molecule has 2 atom stereocenters. The van der Waals surface area contributed by atoms with Gasteiger partial charge in [0.05, 0.1) is 19.1 Å². The SMILES string of the molecule is O=C1CC2CC3(CCC2C(=O)O1)OCCO3. The average Bonchev–Trinajstić information content (AvgIpc) is 2.65. The second-order valence-corrected chi connectivity index (χ2v) is 4.71. The van der Waals surface area contributed by atoms with Crippen LogP contribution >= 0.6 is 0 Å². The van der Waals surface area contributed by atoms with Crippen molar-refractivity contribution in [1.82, 2.24) is 0 Å². The zero-order valence-electron chi connectivity index (χ0n) is 8.94. The van der Waals surface area contributed by atoms with Crippen molar-refractivity contribution in [2.24, 2.45) is 11.8 Å². The molecule has 1 aliphatic carbocycles. The van der Waals surface area contributed by atoms with Gasteiger partial charge in [0.2, 0.25) is 0 Å². The van der Waals surface area contributed by atoms with Gasteiger partial charge in [0, 0.05) is 19.3 Å². The molecule has 88 valence electrons. The van der Waals surface area contributed by atoms with Gasteiger partial charge in [-0.1, -0.05) is 0 Å². The molecule has 0 radical (unpaired) electrons. The number of carbonyl (C=O) groups is 2. The van der Waals surface area contributed by atoms with Crippen LogP contribution in [0.2, 0.25) is 0 Å². The molecular weight excluding hydrogens is 212 g/mol. The fourth-order valence-electron chi connectivity index (χ4n) is 2.98. The van der Waals surface area contributed by atoms with Crippen LogP contribution in [0.25, 0.3) is 0 Å². The highest BCUT2D eigenvalue weighted by Crippen LogP contribution is 2.45. The molecular formula is C11H14O5. The summed E-state index contributed by atoms with van der Waals surface area (Å²) in [7, 11) is 0. The zero-order chi connectivity index (χ0) is 11.2. The van der Waals surface area contributed by atoms with E-state index in [1.807, 2.05) is 0 Å². The van der Waals surface area contributed by atoms with Crippen molar-refractivity contribution in [2.45, 2.75) is 31.5 Å². The monoisotopic (exact) mass is 226 g/mol. The third-order valence-electron chi connectivity index (χ3n) is 3.74. The fraction of sp³-hybridized carbons (Fsp3) is 0.818. The lowest BCUT2D eigenvalue weighted by atomic mass is 9.73. The quantitative estimate of drug-likeness (QED) is 0.447. The molecule has 2 unspecified atom stereocenters. The average molecular weight is 226 g/mol. The Balaban J connectivity index is 1.78. The molecule has 3 fully saturated rings. The molecule has 0 amide bonds. The maximum Gasteiger partial charge on any atom is 0.316 e. The molecule has 0 aromatic heterocycles. The molecule has 0 N–H and O–H groups in total. The van der Waals surface area contributed by atoms with Crippen molar-refractivity contribution < 1.29 is 23.8 Å². The summed E-state index contributed by atoms with van der Waals surface area (Å²) in [4.78, 5) is 22.7. The van der Waals surface area contributed by atoms with Crippen LogP contribution in [-0.2, 0) is 23.8 Å². The number of carbonyl (C=O) groups excluding carboxylic acids is 2. The van der Waals surface area contributed by atoms with Crippen molar-refractivity contribution in [3.63, 3.8) is 0 Å². The highest BCUT2D eigenvalue weighted by atomic mass is 16.7. The van der Waals surface area contributed by atoms with Crippen molar-refractivity contribution in [3.8, 4) is 0 Å². The molecule has 3 rings (SSSR count). The number of esters is 2. The Kier molecular flexibility index (Phi) is 2.26. The molecule has 5 heteroatoms. The first kappa shape index (κ1) is 10.2. The normalized spacial score (nSPS) is 37.2. The summed E-state index contributed by atoms with van der Waals surface area (Å²) >= 11 is 0. The van der Waals surface area contributed by atoms with Crippen LogP contribution in [0.3, 0.4) is 0 Å². The summed E-state index contributed by atoms with van der Waals surface area (Å²) in [5, 5.41) is 0. The lowest BCUT2D eigenvalue weighted by molar-refractivity contribution is -0.207. The first-order valence-corrected chi connectivity index (χ1v) is 5.71. The Morgan fingerprint density at radius 1 is 1.19 bits per heavy atom. The summed E-state index contributed by atoms with van der Waals surface area (Å²) in [6.07, 6.45) is 2.36. The molecule has 2 heterocycles. The number of fused-ring (bicyclic) bond motifs is 1. The first-order valence-electron chi connectivity index (χ1n) is 5.71. The minimum absolute atomic E-state index is 0.0283. The number of cyclic esters (lactones) is 2. The number of rotatable bonds is 0. The van der Waals surface area contributed by atoms with Gasteiger partial charge < -0.3 is 14.2 Å². The van der Waals surface area contributed by atoms with Gasteiger partial charge in [-0.15, -0.1) is 0 Å². The van der Waals surface area contributed by atoms with Crippen molar-refractivity contribution >= 4 is 11.9 Å². The van der Waals surface area contributed by atoms with Gasteiger partial charge in [0.15, 0.2) is 5.79 Å². The second kappa shape index (κ2) is 3.53. The molecule has 1 saturated carbocycles. The second-order valence-electron chi connectivity index (χ2n) is 4.71. The van der Waals surface area contributed by atoms with Crippen LogP contribution in [0.15, 0.2) is 0 Å². The largest absolute Gasteiger partial charge is 0.393 e. The third-order valence-corrected chi connectivity index (χ3v) is 3.74. The Labute approximate surface area is 93.0 Å². The molecule has 0 aromatic rings. The van der Waals surface area contributed by atoms with Crippen LogP contribution < -0.4 is 0 Å². The van der Waals surface area contributed by atoms with Crippen molar-refractivity contribution in [3.05, 3.63) is 0 Å². The van der Waals surface area contributed by atoms with Crippen LogP contribution in [0, 0.1) is 11.8 Å². The van der Waals surface area contributed by atoms with Gasteiger partial charge in [0.25, 0.3) is 0 Å². The van der Waals surface area contributed by atoms with E-state index in [-0.39, 0.29) is 17.8 Å². The van der Waals surface area contributed by atoms with E-state index in [2.05, 4.69) is 4.74 Å². The highest BCUT2D eigenvalue weighted by molar-refractivity contribution is 5.90. The Morgan fingerprint density at radius 2 is 1.94 bits per heavy atom. The number of hydrogen-bond donors (Lipinski definition) is 0. The summed E-state index contributed by atoms with van der Waals surface area (Å²) in [6.45, 7) is 1.21. The van der Waals surface area contributed by atoms with E-state index in [1.54, 1.807) is 0 Å². The molecule has 2 aliphatic heterocycles. The van der Waals surface area contributed by atoms with E-state index in [4.69, 9.17) is 9.47 Å². The molecule has 1 spiro atoms. The van der Waals surface area contributed by atoms with Crippen molar-refractivity contribution in [2.75, 3.05) is 13.2 Å². The Morgan fingerprint density at radius 3 is 2.69 bits per heavy atom. The minimum atomic E-state index is -0.529.